The van der Waals surface area contributed by atoms with Gasteiger partial charge in [0.25, 0.3) is 0 Å². The van der Waals surface area contributed by atoms with Crippen LogP contribution in [0.25, 0.3) is 0 Å². The second-order valence-electron chi connectivity index (χ2n) is 10.2. The zero-order valence-corrected chi connectivity index (χ0v) is 15.7. The predicted molar refractivity (Wildman–Crippen MR) is 94.4 cm³/mol. The Hall–Kier alpha value is -0.120. The first kappa shape index (κ1) is 17.3. The fourth-order valence-corrected chi connectivity index (χ4v) is 7.97. The summed E-state index contributed by atoms with van der Waals surface area (Å²) in [5.74, 6) is 2.69. The molecule has 4 aliphatic rings. The van der Waals surface area contributed by atoms with Crippen molar-refractivity contribution in [1.29, 1.82) is 0 Å². The molecule has 0 aliphatic heterocycles. The number of rotatable bonds is 1. The zero-order chi connectivity index (χ0) is 17.3. The van der Waals surface area contributed by atoms with Crippen LogP contribution in [0.1, 0.15) is 78.6 Å². The smallest absolute Gasteiger partial charge is 0.0958 e. The number of aliphatic hydroxyl groups excluding tert-OH is 2. The summed E-state index contributed by atoms with van der Waals surface area (Å²) in [5, 5.41) is 31.7. The first-order valence-corrected chi connectivity index (χ1v) is 10.3. The van der Waals surface area contributed by atoms with E-state index in [0.29, 0.717) is 23.2 Å². The fraction of sp³-hybridized carbons (Fsp3) is 1.00. The van der Waals surface area contributed by atoms with E-state index >= 15 is 0 Å². The summed E-state index contributed by atoms with van der Waals surface area (Å²) in [6.07, 6.45) is 8.99. The molecule has 4 saturated carbocycles. The maximum atomic E-state index is 11.3. The van der Waals surface area contributed by atoms with Crippen molar-refractivity contribution in [1.82, 2.24) is 0 Å². The monoisotopic (exact) mass is 336 g/mol. The minimum Gasteiger partial charge on any atom is -0.393 e. The number of fused-ring (bicyclic) bond motifs is 5. The average molecular weight is 337 g/mol. The minimum absolute atomic E-state index is 0.0831. The van der Waals surface area contributed by atoms with E-state index in [1.54, 1.807) is 6.92 Å². The summed E-state index contributed by atoms with van der Waals surface area (Å²) in [7, 11) is 0. The van der Waals surface area contributed by atoms with Crippen LogP contribution in [0.4, 0.5) is 0 Å². The topological polar surface area (TPSA) is 60.7 Å². The van der Waals surface area contributed by atoms with Crippen LogP contribution in [0.2, 0.25) is 0 Å². The summed E-state index contributed by atoms with van der Waals surface area (Å²) < 4.78 is 0. The van der Waals surface area contributed by atoms with Crippen molar-refractivity contribution in [3.8, 4) is 0 Å². The van der Waals surface area contributed by atoms with Crippen LogP contribution >= 0.6 is 0 Å². The molecule has 0 aromatic rings. The van der Waals surface area contributed by atoms with Crippen LogP contribution in [0.5, 0.6) is 0 Å². The first-order valence-electron chi connectivity index (χ1n) is 10.3. The van der Waals surface area contributed by atoms with Crippen molar-refractivity contribution < 1.29 is 15.3 Å². The van der Waals surface area contributed by atoms with Crippen LogP contribution in [0.15, 0.2) is 0 Å². The molecule has 4 aliphatic carbocycles. The Morgan fingerprint density at radius 2 is 1.62 bits per heavy atom. The van der Waals surface area contributed by atoms with Gasteiger partial charge in [-0.15, -0.1) is 0 Å². The molecule has 0 unspecified atom stereocenters. The Bertz CT molecular complexity index is 505. The van der Waals surface area contributed by atoms with Crippen molar-refractivity contribution in [2.75, 3.05) is 0 Å². The number of hydrogen-bond acceptors (Lipinski definition) is 3. The van der Waals surface area contributed by atoms with Gasteiger partial charge in [0.05, 0.1) is 17.8 Å². The lowest BCUT2D eigenvalue weighted by Crippen LogP contribution is -2.59. The van der Waals surface area contributed by atoms with Crippen molar-refractivity contribution in [2.24, 2.45) is 34.5 Å². The highest BCUT2D eigenvalue weighted by Crippen LogP contribution is 2.68. The molecule has 0 amide bonds. The molecule has 0 saturated heterocycles. The maximum absolute atomic E-state index is 11.3. The van der Waals surface area contributed by atoms with Gasteiger partial charge in [0.2, 0.25) is 0 Å². The lowest BCUT2D eigenvalue weighted by molar-refractivity contribution is -0.186. The van der Waals surface area contributed by atoms with Gasteiger partial charge in [-0.05, 0) is 93.8 Å². The molecule has 4 fully saturated rings. The molecule has 9 atom stereocenters. The average Bonchev–Trinajstić information content (AvgIpc) is 2.81. The highest BCUT2D eigenvalue weighted by Gasteiger charge is 2.65. The molecule has 0 heterocycles. The Kier molecular flexibility index (Phi) is 3.92. The summed E-state index contributed by atoms with van der Waals surface area (Å²) in [4.78, 5) is 0. The fourth-order valence-electron chi connectivity index (χ4n) is 7.97. The van der Waals surface area contributed by atoms with Gasteiger partial charge in [-0.1, -0.05) is 13.8 Å². The normalized spacial score (nSPS) is 58.5. The Morgan fingerprint density at radius 1 is 0.917 bits per heavy atom. The third-order valence-electron chi connectivity index (χ3n) is 9.54. The molecule has 0 aromatic carbocycles. The highest BCUT2D eigenvalue weighted by molar-refractivity contribution is 5.15. The number of aliphatic hydroxyl groups is 3. The Morgan fingerprint density at radius 3 is 2.33 bits per heavy atom. The van der Waals surface area contributed by atoms with E-state index < -0.39 is 11.7 Å². The van der Waals surface area contributed by atoms with Crippen molar-refractivity contribution >= 4 is 0 Å². The molecule has 138 valence electrons. The SMILES string of the molecule is C[C@H](O)[C@]1(O)CC[C@@H]2[C@@H]3CC[C@@H]4C[C@H](O)CC[C@]4(C)[C@H]3CC[C@]21C. The van der Waals surface area contributed by atoms with Gasteiger partial charge in [0.1, 0.15) is 0 Å². The van der Waals surface area contributed by atoms with Crippen molar-refractivity contribution in [3.63, 3.8) is 0 Å². The first-order chi connectivity index (χ1) is 11.2. The predicted octanol–water partition coefficient (Wildman–Crippen LogP) is 3.50. The molecule has 3 heteroatoms. The standard InChI is InChI=1S/C21H36O3/c1-13(22)21(24)11-8-18-16-5-4-14-12-15(23)6-9-19(14,2)17(16)7-10-20(18,21)3/h13-18,22-24H,4-12H2,1-3H3/t13-,14+,15+,16+,17-,18+,19-,20+,21+/m0/s1. The van der Waals surface area contributed by atoms with Crippen molar-refractivity contribution in [2.45, 2.75) is 96.4 Å². The molecule has 24 heavy (non-hydrogen) atoms. The summed E-state index contributed by atoms with van der Waals surface area (Å²) in [6, 6.07) is 0. The van der Waals surface area contributed by atoms with E-state index in [0.717, 1.165) is 38.0 Å². The molecule has 0 radical (unpaired) electrons. The van der Waals surface area contributed by atoms with E-state index in [-0.39, 0.29) is 11.5 Å². The summed E-state index contributed by atoms with van der Waals surface area (Å²) in [6.45, 7) is 6.53. The quantitative estimate of drug-likeness (QED) is 0.687. The minimum atomic E-state index is -0.900. The van der Waals surface area contributed by atoms with Crippen LogP contribution in [-0.2, 0) is 0 Å². The van der Waals surface area contributed by atoms with Crippen molar-refractivity contribution in [3.05, 3.63) is 0 Å². The Labute approximate surface area is 146 Å². The largest absolute Gasteiger partial charge is 0.393 e. The van der Waals surface area contributed by atoms with Crippen LogP contribution in [-0.4, -0.2) is 33.1 Å². The van der Waals surface area contributed by atoms with E-state index in [2.05, 4.69) is 13.8 Å². The molecule has 3 N–H and O–H groups in total. The third-order valence-corrected chi connectivity index (χ3v) is 9.54. The van der Waals surface area contributed by atoms with Gasteiger partial charge in [0, 0.05) is 5.41 Å². The van der Waals surface area contributed by atoms with Crippen LogP contribution < -0.4 is 0 Å². The molecule has 0 bridgehead atoms. The van der Waals surface area contributed by atoms with Crippen LogP contribution in [0, 0.1) is 34.5 Å². The lowest BCUT2D eigenvalue weighted by atomic mass is 9.44. The van der Waals surface area contributed by atoms with Crippen LogP contribution in [0.3, 0.4) is 0 Å². The highest BCUT2D eigenvalue weighted by atomic mass is 16.3. The molecule has 3 nitrogen and oxygen atoms in total. The lowest BCUT2D eigenvalue weighted by Gasteiger charge is -2.61. The van der Waals surface area contributed by atoms with E-state index in [9.17, 15) is 15.3 Å². The van der Waals surface area contributed by atoms with E-state index in [4.69, 9.17) is 0 Å². The molecule has 0 aromatic heterocycles. The second-order valence-corrected chi connectivity index (χ2v) is 10.2. The second kappa shape index (κ2) is 5.44. The van der Waals surface area contributed by atoms with Gasteiger partial charge < -0.3 is 15.3 Å². The summed E-state index contributed by atoms with van der Waals surface area (Å²) in [5.41, 5.74) is -0.641. The Balaban J connectivity index is 1.63. The van der Waals surface area contributed by atoms with Gasteiger partial charge in [-0.2, -0.15) is 0 Å². The molecule has 0 spiro atoms. The third kappa shape index (κ3) is 2.07. The number of hydrogen-bond donors (Lipinski definition) is 3. The van der Waals surface area contributed by atoms with E-state index in [1.165, 1.54) is 25.7 Å². The van der Waals surface area contributed by atoms with Gasteiger partial charge >= 0.3 is 0 Å². The molecular formula is C21H36O3. The van der Waals surface area contributed by atoms with Gasteiger partial charge in [0.15, 0.2) is 0 Å². The zero-order valence-electron chi connectivity index (χ0n) is 15.7. The van der Waals surface area contributed by atoms with E-state index in [1.807, 2.05) is 0 Å². The van der Waals surface area contributed by atoms with Gasteiger partial charge in [-0.3, -0.25) is 0 Å². The summed E-state index contributed by atoms with van der Waals surface area (Å²) >= 11 is 0. The molecular weight excluding hydrogens is 300 g/mol. The van der Waals surface area contributed by atoms with Gasteiger partial charge in [-0.25, -0.2) is 0 Å². The molecule has 4 rings (SSSR count). The maximum Gasteiger partial charge on any atom is 0.0958 e.